The number of nitrogens with one attached hydrogen (secondary N) is 2. The van der Waals surface area contributed by atoms with E-state index in [4.69, 9.17) is 0 Å². The molecule has 0 saturated heterocycles. The predicted octanol–water partition coefficient (Wildman–Crippen LogP) is 0.281. The second-order valence-electron chi connectivity index (χ2n) is 11.7. The van der Waals surface area contributed by atoms with Crippen molar-refractivity contribution in [1.82, 2.24) is 0 Å². The Morgan fingerprint density at radius 1 is 0.409 bits per heavy atom. The molecule has 4 aromatic carbocycles. The van der Waals surface area contributed by atoms with Crippen LogP contribution in [0.25, 0.3) is 35.5 Å². The van der Waals surface area contributed by atoms with Gasteiger partial charge in [0.15, 0.2) is 0 Å². The van der Waals surface area contributed by atoms with Crippen LogP contribution in [0.3, 0.4) is 0 Å². The molecule has 2 aliphatic carbocycles. The Kier molecular flexibility index (Phi) is 13.4. The zero-order valence-electron chi connectivity index (χ0n) is 26.3. The van der Waals surface area contributed by atoms with Crippen molar-refractivity contribution in [2.45, 2.75) is 12.8 Å². The van der Waals surface area contributed by atoms with Gasteiger partial charge >= 0.3 is 0 Å². The van der Waals surface area contributed by atoms with Gasteiger partial charge in [-0.2, -0.15) is 0 Å². The van der Waals surface area contributed by atoms with E-state index in [0.717, 1.165) is 25.9 Å². The smallest absolute Gasteiger partial charge is 0.0802 e. The largest absolute Gasteiger partial charge is 1.00 e. The highest BCUT2D eigenvalue weighted by atomic mass is 35.5. The van der Waals surface area contributed by atoms with Crippen LogP contribution in [0.2, 0.25) is 0 Å². The molecule has 2 N–H and O–H groups in total. The minimum atomic E-state index is 0. The average molecular weight is 624 g/mol. The minimum Gasteiger partial charge on any atom is -1.00 e. The van der Waals surface area contributed by atoms with Crippen LogP contribution in [-0.4, -0.2) is 41.3 Å². The monoisotopic (exact) mass is 622 g/mol. The van der Waals surface area contributed by atoms with Crippen molar-refractivity contribution in [3.8, 4) is 0 Å². The first-order chi connectivity index (χ1) is 20.5. The second-order valence-corrected chi connectivity index (χ2v) is 11.7. The Labute approximate surface area is 277 Å². The molecule has 4 aromatic rings. The first-order valence-electron chi connectivity index (χ1n) is 15.2. The van der Waals surface area contributed by atoms with Gasteiger partial charge in [-0.15, -0.1) is 0 Å². The van der Waals surface area contributed by atoms with E-state index < -0.39 is 0 Å². The first kappa shape index (κ1) is 34.8. The maximum Gasteiger partial charge on any atom is 0.0802 e. The fourth-order valence-corrected chi connectivity index (χ4v) is 5.65. The fraction of sp³-hybridized carbons (Fsp3) is 0.200. The van der Waals surface area contributed by atoms with Crippen molar-refractivity contribution in [3.63, 3.8) is 0 Å². The zero-order chi connectivity index (χ0) is 29.3. The summed E-state index contributed by atoms with van der Waals surface area (Å²) < 4.78 is 0. The molecule has 0 fully saturated rings. The lowest BCUT2D eigenvalue weighted by Gasteiger charge is -2.12. The lowest BCUT2D eigenvalue weighted by molar-refractivity contribution is -0.857. The topological polar surface area (TPSA) is 8.88 Å². The summed E-state index contributed by atoms with van der Waals surface area (Å²) in [5.74, 6) is 0. The quantitative estimate of drug-likeness (QED) is 0.264. The lowest BCUT2D eigenvalue weighted by atomic mass is 9.93. The number of halogens is 2. The summed E-state index contributed by atoms with van der Waals surface area (Å²) in [5, 5.41) is 0. The van der Waals surface area contributed by atoms with E-state index >= 15 is 0 Å². The molecule has 6 rings (SSSR count). The van der Waals surface area contributed by atoms with Crippen LogP contribution in [0, 0.1) is 0 Å². The third kappa shape index (κ3) is 8.71. The van der Waals surface area contributed by atoms with Gasteiger partial charge in [-0.3, -0.25) is 0 Å². The van der Waals surface area contributed by atoms with E-state index in [1.807, 2.05) is 0 Å². The molecule has 0 aromatic heterocycles. The van der Waals surface area contributed by atoms with E-state index in [-0.39, 0.29) is 24.8 Å². The summed E-state index contributed by atoms with van der Waals surface area (Å²) in [4.78, 5) is 2.97. The molecule has 4 heteroatoms. The average Bonchev–Trinajstić information content (AvgIpc) is 3.26. The van der Waals surface area contributed by atoms with Crippen LogP contribution in [0.1, 0.15) is 57.3 Å². The molecule has 0 atom stereocenters. The number of hydrogen-bond acceptors (Lipinski definition) is 0. The number of rotatable bonds is 6. The Balaban J connectivity index is 0.000000230. The molecule has 0 spiro atoms. The van der Waals surface area contributed by atoms with E-state index in [1.54, 1.807) is 0 Å². The molecule has 0 amide bonds. The lowest BCUT2D eigenvalue weighted by Crippen LogP contribution is -3.05. The molecule has 228 valence electrons. The van der Waals surface area contributed by atoms with Gasteiger partial charge in [0.25, 0.3) is 0 Å². The van der Waals surface area contributed by atoms with Gasteiger partial charge in [-0.25, -0.2) is 0 Å². The van der Waals surface area contributed by atoms with Gasteiger partial charge in [0.1, 0.15) is 0 Å². The van der Waals surface area contributed by atoms with Crippen molar-refractivity contribution >= 4 is 35.5 Å². The molecular weight excluding hydrogens is 579 g/mol. The number of benzene rings is 4. The third-order valence-corrected chi connectivity index (χ3v) is 7.87. The van der Waals surface area contributed by atoms with Crippen molar-refractivity contribution in [1.29, 1.82) is 0 Å². The molecular formula is C40H44Cl2N2. The van der Waals surface area contributed by atoms with E-state index in [0.29, 0.717) is 0 Å². The molecule has 0 saturated carbocycles. The highest BCUT2D eigenvalue weighted by molar-refractivity contribution is 5.94. The van der Waals surface area contributed by atoms with Gasteiger partial charge in [-0.05, 0) is 55.7 Å². The summed E-state index contributed by atoms with van der Waals surface area (Å²) in [5.41, 5.74) is 13.3. The predicted molar refractivity (Wildman–Crippen MR) is 182 cm³/mol. The number of fused-ring (bicyclic) bond motifs is 4. The standard InChI is InChI=1S/2C20H21N.2ClH/c2*1-21(2)15-7-12-20-18-10-5-3-8-16(18)13-14-17-9-4-6-11-19(17)20;;/h2*3-6,8-14H,7,15H2,1-2H3;2*1H. The minimum absolute atomic E-state index is 0. The fourth-order valence-electron chi connectivity index (χ4n) is 5.65. The van der Waals surface area contributed by atoms with Crippen LogP contribution >= 0.6 is 0 Å². The summed E-state index contributed by atoms with van der Waals surface area (Å²) in [7, 11) is 8.81. The van der Waals surface area contributed by atoms with Crippen molar-refractivity contribution < 1.29 is 34.6 Å². The maximum atomic E-state index is 2.40. The van der Waals surface area contributed by atoms with Crippen LogP contribution in [-0.2, 0) is 0 Å². The first-order valence-corrected chi connectivity index (χ1v) is 15.2. The van der Waals surface area contributed by atoms with Gasteiger partial charge in [-0.1, -0.05) is 134 Å². The molecule has 0 aliphatic heterocycles. The van der Waals surface area contributed by atoms with Crippen molar-refractivity contribution in [2.24, 2.45) is 0 Å². The summed E-state index contributed by atoms with van der Waals surface area (Å²) >= 11 is 0. The third-order valence-electron chi connectivity index (χ3n) is 7.87. The Morgan fingerprint density at radius 2 is 0.659 bits per heavy atom. The van der Waals surface area contributed by atoms with Crippen LogP contribution < -0.4 is 34.6 Å². The van der Waals surface area contributed by atoms with E-state index in [9.17, 15) is 0 Å². The molecule has 0 unspecified atom stereocenters. The maximum absolute atomic E-state index is 2.40. The number of hydrogen-bond donors (Lipinski definition) is 2. The van der Waals surface area contributed by atoms with Crippen molar-refractivity contribution in [2.75, 3.05) is 41.3 Å². The van der Waals surface area contributed by atoms with Crippen LogP contribution in [0.15, 0.2) is 109 Å². The SMILES string of the molecule is C[NH+](C)CCC=C1c2ccccc2C=Cc2ccccc21.C[NH+](C)CCC=C1c2ccccc2C=Cc2ccccc21.[Cl-].[Cl-]. The molecule has 0 radical (unpaired) electrons. The van der Waals surface area contributed by atoms with Crippen LogP contribution in [0.5, 0.6) is 0 Å². The van der Waals surface area contributed by atoms with Gasteiger partial charge in [0.2, 0.25) is 0 Å². The number of quaternary nitrogens is 2. The zero-order valence-corrected chi connectivity index (χ0v) is 27.8. The van der Waals surface area contributed by atoms with Gasteiger partial charge in [0, 0.05) is 12.8 Å². The van der Waals surface area contributed by atoms with E-state index in [2.05, 4.69) is 162 Å². The van der Waals surface area contributed by atoms with Gasteiger partial charge < -0.3 is 34.6 Å². The molecule has 44 heavy (non-hydrogen) atoms. The Bertz CT molecular complexity index is 1420. The van der Waals surface area contributed by atoms with Crippen molar-refractivity contribution in [3.05, 3.63) is 154 Å². The normalized spacial score (nSPS) is 12.2. The van der Waals surface area contributed by atoms with Crippen LogP contribution in [0.4, 0.5) is 0 Å². The molecule has 0 heterocycles. The second kappa shape index (κ2) is 17.0. The summed E-state index contributed by atoms with van der Waals surface area (Å²) in [6.45, 7) is 2.31. The molecule has 2 aliphatic rings. The molecule has 0 bridgehead atoms. The Morgan fingerprint density at radius 3 is 0.909 bits per heavy atom. The highest BCUT2D eigenvalue weighted by Gasteiger charge is 2.15. The van der Waals surface area contributed by atoms with E-state index in [1.165, 1.54) is 65.5 Å². The summed E-state index contributed by atoms with van der Waals surface area (Å²) in [6, 6.07) is 34.7. The van der Waals surface area contributed by atoms with Gasteiger partial charge in [0.05, 0.1) is 41.3 Å². The Hall–Kier alpha value is -3.66. The molecule has 2 nitrogen and oxygen atoms in total. The summed E-state index contributed by atoms with van der Waals surface area (Å²) in [6.07, 6.45) is 15.9. The highest BCUT2D eigenvalue weighted by Crippen LogP contribution is 2.35.